The van der Waals surface area contributed by atoms with E-state index in [-0.39, 0.29) is 19.5 Å². The molecule has 0 radical (unpaired) electrons. The van der Waals surface area contributed by atoms with Crippen molar-refractivity contribution in [1.82, 2.24) is 0 Å². The van der Waals surface area contributed by atoms with Crippen LogP contribution in [0.15, 0.2) is 18.2 Å². The van der Waals surface area contributed by atoms with E-state index in [0.717, 1.165) is 0 Å². The van der Waals surface area contributed by atoms with Gasteiger partial charge >= 0.3 is 19.5 Å². The molecule has 0 heterocycles. The summed E-state index contributed by atoms with van der Waals surface area (Å²) in [5, 5.41) is 0. The fraction of sp³-hybridized carbons (Fsp3) is 0.333. The summed E-state index contributed by atoms with van der Waals surface area (Å²) < 4.78 is 0. The van der Waals surface area contributed by atoms with Gasteiger partial charge in [-0.15, -0.1) is 0 Å². The Morgan fingerprint density at radius 2 is 1.50 bits per heavy atom. The molecule has 0 nitrogen and oxygen atoms in total. The Kier molecular flexibility index (Phi) is 3.82. The third kappa shape index (κ3) is 2.23. The second-order valence-electron chi connectivity index (χ2n) is 2.59. The molecule has 10 heavy (non-hydrogen) atoms. The van der Waals surface area contributed by atoms with E-state index >= 15 is 0 Å². The zero-order valence-electron chi connectivity index (χ0n) is 6.59. The second kappa shape index (κ2) is 3.88. The molecule has 1 heteroatoms. The Morgan fingerprint density at radius 3 is 1.90 bits per heavy atom. The molecule has 1 aromatic rings. The molecule has 0 unspecified atom stereocenters. The zero-order chi connectivity index (χ0) is 6.85. The van der Waals surface area contributed by atoms with Crippen molar-refractivity contribution < 1.29 is 19.5 Å². The van der Waals surface area contributed by atoms with Crippen molar-refractivity contribution in [2.75, 3.05) is 0 Å². The Bertz CT molecular complexity index is 216. The Morgan fingerprint density at radius 1 is 0.900 bits per heavy atom. The molecule has 0 amide bonds. The molecule has 0 spiro atoms. The van der Waals surface area contributed by atoms with E-state index in [1.807, 2.05) is 0 Å². The van der Waals surface area contributed by atoms with Gasteiger partial charge in [0.15, 0.2) is 0 Å². The van der Waals surface area contributed by atoms with E-state index in [0.29, 0.717) is 0 Å². The van der Waals surface area contributed by atoms with Gasteiger partial charge in [-0.05, 0) is 31.9 Å². The standard InChI is InChI=1S/C9H12.Ru/c1-7-4-5-8(2)9(3)6-7;/h4-6H,1-3H3;/q;+2. The molecular weight excluding hydrogens is 209 g/mol. The van der Waals surface area contributed by atoms with E-state index in [1.165, 1.54) is 16.7 Å². The third-order valence-corrected chi connectivity index (χ3v) is 1.66. The topological polar surface area (TPSA) is 0 Å². The number of hydrogen-bond acceptors (Lipinski definition) is 0. The van der Waals surface area contributed by atoms with Crippen LogP contribution in [0.5, 0.6) is 0 Å². The number of hydrogen-bond donors (Lipinski definition) is 0. The van der Waals surface area contributed by atoms with Crippen LogP contribution in [0.2, 0.25) is 0 Å². The zero-order valence-corrected chi connectivity index (χ0v) is 8.32. The van der Waals surface area contributed by atoms with Crippen LogP contribution in [-0.2, 0) is 19.5 Å². The normalized spacial score (nSPS) is 8.70. The van der Waals surface area contributed by atoms with Gasteiger partial charge in [-0.1, -0.05) is 23.8 Å². The smallest absolute Gasteiger partial charge is 0.0590 e. The molecule has 0 fully saturated rings. The van der Waals surface area contributed by atoms with Crippen molar-refractivity contribution in [3.05, 3.63) is 34.9 Å². The van der Waals surface area contributed by atoms with Crippen molar-refractivity contribution in [2.45, 2.75) is 20.8 Å². The molecule has 1 aromatic carbocycles. The number of rotatable bonds is 0. The van der Waals surface area contributed by atoms with Gasteiger partial charge in [-0.3, -0.25) is 0 Å². The SMILES string of the molecule is Cc1ccc(C)c(C)c1.[Ru+2]. The summed E-state index contributed by atoms with van der Waals surface area (Å²) >= 11 is 0. The summed E-state index contributed by atoms with van der Waals surface area (Å²) in [5.74, 6) is 0. The summed E-state index contributed by atoms with van der Waals surface area (Å²) in [4.78, 5) is 0. The summed E-state index contributed by atoms with van der Waals surface area (Å²) in [5.41, 5.74) is 4.11. The van der Waals surface area contributed by atoms with Gasteiger partial charge in [0.05, 0.1) is 0 Å². The van der Waals surface area contributed by atoms with Gasteiger partial charge in [0.25, 0.3) is 0 Å². The van der Waals surface area contributed by atoms with Gasteiger partial charge in [-0.2, -0.15) is 0 Å². The Balaban J connectivity index is 0.000000810. The van der Waals surface area contributed by atoms with Crippen molar-refractivity contribution in [3.8, 4) is 0 Å². The van der Waals surface area contributed by atoms with Crippen LogP contribution in [0.25, 0.3) is 0 Å². The first kappa shape index (κ1) is 9.84. The van der Waals surface area contributed by atoms with Crippen molar-refractivity contribution in [3.63, 3.8) is 0 Å². The van der Waals surface area contributed by atoms with Crippen molar-refractivity contribution in [2.24, 2.45) is 0 Å². The van der Waals surface area contributed by atoms with E-state index in [1.54, 1.807) is 0 Å². The van der Waals surface area contributed by atoms with Gasteiger partial charge in [-0.25, -0.2) is 0 Å². The maximum absolute atomic E-state index is 2.20. The summed E-state index contributed by atoms with van der Waals surface area (Å²) in [6.07, 6.45) is 0. The van der Waals surface area contributed by atoms with Gasteiger partial charge < -0.3 is 0 Å². The molecule has 0 aliphatic heterocycles. The third-order valence-electron chi connectivity index (χ3n) is 1.66. The molecule has 0 saturated heterocycles. The minimum atomic E-state index is 0. The first-order valence-corrected chi connectivity index (χ1v) is 3.24. The largest absolute Gasteiger partial charge is 2.00 e. The quantitative estimate of drug-likeness (QED) is 0.591. The van der Waals surface area contributed by atoms with Crippen molar-refractivity contribution >= 4 is 0 Å². The van der Waals surface area contributed by atoms with Crippen LogP contribution in [0.3, 0.4) is 0 Å². The van der Waals surface area contributed by atoms with Crippen molar-refractivity contribution in [1.29, 1.82) is 0 Å². The fourth-order valence-corrected chi connectivity index (χ4v) is 0.891. The number of benzene rings is 1. The summed E-state index contributed by atoms with van der Waals surface area (Å²) in [6.45, 7) is 6.39. The van der Waals surface area contributed by atoms with Crippen LogP contribution < -0.4 is 0 Å². The average Bonchev–Trinajstić information content (AvgIpc) is 1.80. The van der Waals surface area contributed by atoms with Crippen LogP contribution in [0.1, 0.15) is 16.7 Å². The molecule has 0 saturated carbocycles. The molecular formula is C9H12Ru+2. The minimum Gasteiger partial charge on any atom is -0.0590 e. The Labute approximate surface area is 75.4 Å². The van der Waals surface area contributed by atoms with E-state index in [4.69, 9.17) is 0 Å². The molecule has 0 bridgehead atoms. The molecule has 54 valence electrons. The van der Waals surface area contributed by atoms with E-state index in [2.05, 4.69) is 39.0 Å². The van der Waals surface area contributed by atoms with Crippen LogP contribution in [-0.4, -0.2) is 0 Å². The van der Waals surface area contributed by atoms with Gasteiger partial charge in [0.2, 0.25) is 0 Å². The fourth-order valence-electron chi connectivity index (χ4n) is 0.891. The predicted molar refractivity (Wildman–Crippen MR) is 40.7 cm³/mol. The minimum absolute atomic E-state index is 0. The number of aryl methyl sites for hydroxylation is 3. The van der Waals surface area contributed by atoms with Crippen LogP contribution in [0.4, 0.5) is 0 Å². The molecule has 0 aliphatic carbocycles. The van der Waals surface area contributed by atoms with Crippen LogP contribution >= 0.6 is 0 Å². The monoisotopic (exact) mass is 222 g/mol. The van der Waals surface area contributed by atoms with E-state index in [9.17, 15) is 0 Å². The molecule has 0 N–H and O–H groups in total. The first-order chi connectivity index (χ1) is 4.20. The summed E-state index contributed by atoms with van der Waals surface area (Å²) in [6, 6.07) is 6.50. The molecule has 0 aromatic heterocycles. The first-order valence-electron chi connectivity index (χ1n) is 3.24. The summed E-state index contributed by atoms with van der Waals surface area (Å²) in [7, 11) is 0. The Hall–Kier alpha value is -0.157. The van der Waals surface area contributed by atoms with Gasteiger partial charge in [0, 0.05) is 0 Å². The van der Waals surface area contributed by atoms with Gasteiger partial charge in [0.1, 0.15) is 0 Å². The average molecular weight is 221 g/mol. The maximum Gasteiger partial charge on any atom is 2.00 e. The maximum atomic E-state index is 2.20. The molecule has 0 atom stereocenters. The molecule has 0 aliphatic rings. The van der Waals surface area contributed by atoms with Crippen LogP contribution in [0, 0.1) is 20.8 Å². The van der Waals surface area contributed by atoms with E-state index < -0.39 is 0 Å². The second-order valence-corrected chi connectivity index (χ2v) is 2.59. The molecule has 1 rings (SSSR count). The predicted octanol–water partition coefficient (Wildman–Crippen LogP) is 2.61.